The van der Waals surface area contributed by atoms with Crippen LogP contribution in [0.15, 0.2) is 120 Å². The molecule has 0 aliphatic carbocycles. The summed E-state index contributed by atoms with van der Waals surface area (Å²) in [6.07, 6.45) is 3.98. The Hall–Kier alpha value is -4.15. The summed E-state index contributed by atoms with van der Waals surface area (Å²) in [5.74, 6) is 0.531. The zero-order valence-electron chi connectivity index (χ0n) is 29.7. The molecule has 49 heavy (non-hydrogen) atoms. The van der Waals surface area contributed by atoms with E-state index in [9.17, 15) is 0 Å². The first-order valence-corrected chi connectivity index (χ1v) is 20.3. The topological polar surface area (TPSA) is 38.9 Å². The van der Waals surface area contributed by atoms with Gasteiger partial charge in [0, 0.05) is 43.3 Å². The fraction of sp³-hybridized carbons (Fsp3) is 0.227. The standard InChI is InChI=1S/C26H20NO.C18H24NSi.Ir/c1-26(2,18-9-4-3-5-10-18)19-15-16-27-23(17-19)22-13-8-12-21-20-11-6-7-14-24(20)28-25(21)22;1-13(2)16-11-17(15-9-7-14(3)8-10-15)19-12-18(16)20(4,5)6;/h3-12,14-17H,1-2H3;7-9,11-13H,1-6H3;/q2*-1;. The number of aryl methyl sites for hydroxylation is 1. The summed E-state index contributed by atoms with van der Waals surface area (Å²) in [5.41, 5.74) is 10.7. The number of nitrogens with zero attached hydrogens (tertiary/aromatic N) is 2. The van der Waals surface area contributed by atoms with Crippen LogP contribution in [0.1, 0.15) is 55.9 Å². The van der Waals surface area contributed by atoms with Gasteiger partial charge < -0.3 is 14.4 Å². The van der Waals surface area contributed by atoms with Gasteiger partial charge in [-0.1, -0.05) is 131 Å². The molecule has 3 aromatic heterocycles. The molecule has 0 saturated carbocycles. The van der Waals surface area contributed by atoms with Crippen LogP contribution in [0.5, 0.6) is 0 Å². The Morgan fingerprint density at radius 3 is 2.18 bits per heavy atom. The maximum Gasteiger partial charge on any atom is 0.120 e. The Morgan fingerprint density at radius 1 is 0.755 bits per heavy atom. The second-order valence-corrected chi connectivity index (χ2v) is 19.5. The van der Waals surface area contributed by atoms with Crippen LogP contribution in [0, 0.1) is 19.1 Å². The van der Waals surface area contributed by atoms with E-state index in [-0.39, 0.29) is 25.5 Å². The fourth-order valence-electron chi connectivity index (χ4n) is 6.24. The number of pyridine rings is 2. The maximum absolute atomic E-state index is 6.18. The predicted octanol–water partition coefficient (Wildman–Crippen LogP) is 11.3. The summed E-state index contributed by atoms with van der Waals surface area (Å²) in [6.45, 7) is 18.2. The number of para-hydroxylation sites is 1. The van der Waals surface area contributed by atoms with Crippen molar-refractivity contribution in [1.29, 1.82) is 0 Å². The van der Waals surface area contributed by atoms with Crippen molar-refractivity contribution in [3.8, 4) is 22.5 Å². The van der Waals surface area contributed by atoms with Gasteiger partial charge >= 0.3 is 0 Å². The van der Waals surface area contributed by atoms with Crippen LogP contribution in [0.2, 0.25) is 19.6 Å². The number of rotatable bonds is 6. The summed E-state index contributed by atoms with van der Waals surface area (Å²) < 4.78 is 6.18. The molecule has 4 aromatic carbocycles. The van der Waals surface area contributed by atoms with E-state index in [1.165, 1.54) is 27.4 Å². The molecule has 5 heteroatoms. The number of benzene rings is 4. The molecule has 0 saturated heterocycles. The van der Waals surface area contributed by atoms with E-state index in [0.29, 0.717) is 5.92 Å². The Bertz CT molecular complexity index is 2180. The molecule has 251 valence electrons. The number of hydrogen-bond donors (Lipinski definition) is 0. The van der Waals surface area contributed by atoms with Crippen LogP contribution in [0.3, 0.4) is 0 Å². The van der Waals surface area contributed by atoms with Crippen molar-refractivity contribution in [2.75, 3.05) is 0 Å². The van der Waals surface area contributed by atoms with Crippen molar-refractivity contribution in [3.63, 3.8) is 0 Å². The molecule has 0 N–H and O–H groups in total. The minimum absolute atomic E-state index is 0. The average Bonchev–Trinajstić information content (AvgIpc) is 3.48. The summed E-state index contributed by atoms with van der Waals surface area (Å²) in [6, 6.07) is 42.1. The molecule has 0 aliphatic rings. The van der Waals surface area contributed by atoms with Gasteiger partial charge in [0.15, 0.2) is 0 Å². The third-order valence-electron chi connectivity index (χ3n) is 9.18. The van der Waals surface area contributed by atoms with E-state index in [1.54, 1.807) is 0 Å². The monoisotopic (exact) mass is 837 g/mol. The van der Waals surface area contributed by atoms with Gasteiger partial charge in [-0.25, -0.2) is 0 Å². The van der Waals surface area contributed by atoms with E-state index in [4.69, 9.17) is 9.40 Å². The third kappa shape index (κ3) is 7.70. The molecule has 0 bridgehead atoms. The van der Waals surface area contributed by atoms with Crippen molar-refractivity contribution in [2.24, 2.45) is 0 Å². The summed E-state index contributed by atoms with van der Waals surface area (Å²) in [7, 11) is -1.35. The summed E-state index contributed by atoms with van der Waals surface area (Å²) >= 11 is 0. The average molecular weight is 837 g/mol. The summed E-state index contributed by atoms with van der Waals surface area (Å²) in [4.78, 5) is 9.34. The van der Waals surface area contributed by atoms with Crippen molar-refractivity contribution in [1.82, 2.24) is 9.97 Å². The molecule has 0 unspecified atom stereocenters. The van der Waals surface area contributed by atoms with Gasteiger partial charge in [0.2, 0.25) is 0 Å². The van der Waals surface area contributed by atoms with Gasteiger partial charge in [-0.2, -0.15) is 0 Å². The number of fused-ring (bicyclic) bond motifs is 3. The molecule has 0 aliphatic heterocycles. The van der Waals surface area contributed by atoms with E-state index in [1.807, 2.05) is 36.5 Å². The van der Waals surface area contributed by atoms with E-state index in [2.05, 4.69) is 150 Å². The Balaban J connectivity index is 0.000000199. The number of furan rings is 1. The zero-order valence-corrected chi connectivity index (χ0v) is 33.1. The van der Waals surface area contributed by atoms with E-state index >= 15 is 0 Å². The van der Waals surface area contributed by atoms with Gasteiger partial charge in [-0.15, -0.1) is 53.6 Å². The molecule has 3 nitrogen and oxygen atoms in total. The van der Waals surface area contributed by atoms with Crippen LogP contribution >= 0.6 is 0 Å². The summed E-state index contributed by atoms with van der Waals surface area (Å²) in [5, 5.41) is 3.69. The Labute approximate surface area is 306 Å². The fourth-order valence-corrected chi connectivity index (χ4v) is 7.92. The Kier molecular flexibility index (Phi) is 10.9. The molecular weight excluding hydrogens is 793 g/mol. The molecule has 7 rings (SSSR count). The van der Waals surface area contributed by atoms with Crippen LogP contribution in [0.4, 0.5) is 0 Å². The van der Waals surface area contributed by atoms with Crippen molar-refractivity contribution < 1.29 is 24.5 Å². The predicted molar refractivity (Wildman–Crippen MR) is 205 cm³/mol. The van der Waals surface area contributed by atoms with Gasteiger partial charge in [0.25, 0.3) is 0 Å². The van der Waals surface area contributed by atoms with E-state index < -0.39 is 8.07 Å². The van der Waals surface area contributed by atoms with Crippen LogP contribution in [-0.2, 0) is 25.5 Å². The minimum atomic E-state index is -1.35. The van der Waals surface area contributed by atoms with E-state index in [0.717, 1.165) is 44.5 Å². The second-order valence-electron chi connectivity index (χ2n) is 14.5. The number of hydrogen-bond acceptors (Lipinski definition) is 3. The first-order chi connectivity index (χ1) is 22.9. The molecule has 7 aromatic rings. The molecule has 3 heterocycles. The quantitative estimate of drug-likeness (QED) is 0.124. The first kappa shape index (κ1) is 36.1. The number of aromatic nitrogens is 2. The largest absolute Gasteiger partial charge is 0.501 e. The van der Waals surface area contributed by atoms with Crippen molar-refractivity contribution in [2.45, 2.75) is 65.6 Å². The zero-order chi connectivity index (χ0) is 34.1. The smallest absolute Gasteiger partial charge is 0.120 e. The van der Waals surface area contributed by atoms with Crippen LogP contribution < -0.4 is 5.19 Å². The van der Waals surface area contributed by atoms with Gasteiger partial charge in [-0.3, -0.25) is 0 Å². The minimum Gasteiger partial charge on any atom is -0.501 e. The van der Waals surface area contributed by atoms with Crippen molar-refractivity contribution in [3.05, 3.63) is 150 Å². The SMILES string of the molecule is CC(C)(c1ccccc1)c1ccnc(-c2[c-]ccc3c2oc2ccccc23)c1.Cc1c[c-]c(-c2cc(C(C)C)c([Si](C)(C)C)cn2)cc1.[Ir]. The Morgan fingerprint density at radius 2 is 1.49 bits per heavy atom. The normalized spacial score (nSPS) is 11.7. The van der Waals surface area contributed by atoms with Gasteiger partial charge in [0.1, 0.15) is 5.58 Å². The maximum atomic E-state index is 6.18. The van der Waals surface area contributed by atoms with Gasteiger partial charge in [-0.05, 0) is 45.8 Å². The molecule has 1 radical (unpaired) electrons. The second kappa shape index (κ2) is 14.8. The molecule has 0 atom stereocenters. The molecule has 0 spiro atoms. The molecule has 0 amide bonds. The first-order valence-electron chi connectivity index (χ1n) is 16.8. The van der Waals surface area contributed by atoms with Crippen LogP contribution in [-0.4, -0.2) is 18.0 Å². The van der Waals surface area contributed by atoms with Crippen LogP contribution in [0.25, 0.3) is 44.5 Å². The third-order valence-corrected chi connectivity index (χ3v) is 11.2. The molecule has 0 fully saturated rings. The van der Waals surface area contributed by atoms with Crippen molar-refractivity contribution >= 4 is 35.2 Å². The molecular formula is C44H44IrN2OSi-2. The van der Waals surface area contributed by atoms with Gasteiger partial charge in [0.05, 0.1) is 13.7 Å².